The summed E-state index contributed by atoms with van der Waals surface area (Å²) >= 11 is 0. The molecule has 0 amide bonds. The predicted octanol–water partition coefficient (Wildman–Crippen LogP) is 15.5. The second kappa shape index (κ2) is 17.4. The molecule has 2 aliphatic heterocycles. The fraction of sp³-hybridized carbons (Fsp3) is 0.0843. The first-order valence-corrected chi connectivity index (χ1v) is 31.5. The van der Waals surface area contributed by atoms with Crippen molar-refractivity contribution in [2.75, 3.05) is 0 Å². The summed E-state index contributed by atoms with van der Waals surface area (Å²) in [6, 6.07) is 107. The van der Waals surface area contributed by atoms with Crippen molar-refractivity contribution in [1.82, 2.24) is 13.4 Å². The molecule has 15 aromatic rings. The molecule has 0 fully saturated rings. The predicted molar refractivity (Wildman–Crippen MR) is 369 cm³/mol. The van der Waals surface area contributed by atoms with Gasteiger partial charge >= 0.3 is 0 Å². The van der Waals surface area contributed by atoms with Crippen LogP contribution in [0, 0.1) is 0 Å². The second-order valence-electron chi connectivity index (χ2n) is 26.5. The van der Waals surface area contributed by atoms with Crippen LogP contribution >= 0.6 is 0 Å². The summed E-state index contributed by atoms with van der Waals surface area (Å²) in [6.45, 7) is 6.82. The largest absolute Gasteiger partial charge is 0.294 e. The summed E-state index contributed by atoms with van der Waals surface area (Å²) < 4.78 is 8.30. The molecule has 5 aliphatic rings. The van der Waals surface area contributed by atoms with Crippen molar-refractivity contribution in [3.05, 3.63) is 318 Å². The molecule has 12 aromatic carbocycles. The van der Waals surface area contributed by atoms with E-state index in [1.165, 1.54) is 166 Å². The van der Waals surface area contributed by atoms with Crippen LogP contribution in [0.15, 0.2) is 279 Å². The number of fused-ring (bicyclic) bond motifs is 16. The van der Waals surface area contributed by atoms with Gasteiger partial charge in [-0.3, -0.25) is 13.4 Å². The van der Waals surface area contributed by atoms with Gasteiger partial charge in [-0.1, -0.05) is 286 Å². The molecule has 3 aromatic heterocycles. The van der Waals surface area contributed by atoms with Crippen molar-refractivity contribution >= 4 is 90.3 Å². The second-order valence-corrected chi connectivity index (χ2v) is 26.5. The van der Waals surface area contributed by atoms with Crippen LogP contribution in [-0.4, -0.2) is 26.8 Å². The molecule has 410 valence electrons. The number of aromatic nitrogens is 3. The molecule has 5 heterocycles. The number of benzene rings is 12. The molecule has 0 radical (unpaired) electrons. The van der Waals surface area contributed by atoms with E-state index in [-0.39, 0.29) is 36.1 Å². The highest BCUT2D eigenvalue weighted by Gasteiger charge is 2.69. The molecule has 3 aliphatic carbocycles. The van der Waals surface area contributed by atoms with E-state index in [2.05, 4.69) is 313 Å². The van der Waals surface area contributed by atoms with Crippen LogP contribution in [0.5, 0.6) is 0 Å². The molecular formula is C83H57B2N3. The normalized spacial score (nSPS) is 17.0. The highest BCUT2D eigenvalue weighted by Crippen LogP contribution is 2.77. The summed E-state index contributed by atoms with van der Waals surface area (Å²) in [5, 5.41) is 2.55. The van der Waals surface area contributed by atoms with Crippen LogP contribution in [-0.2, 0) is 10.8 Å². The van der Waals surface area contributed by atoms with Gasteiger partial charge in [0.15, 0.2) is 0 Å². The van der Waals surface area contributed by atoms with E-state index in [0.29, 0.717) is 0 Å². The van der Waals surface area contributed by atoms with E-state index in [0.717, 1.165) is 0 Å². The molecule has 2 unspecified atom stereocenters. The Kier molecular flexibility index (Phi) is 9.67. The summed E-state index contributed by atoms with van der Waals surface area (Å²) in [6.07, 6.45) is 0. The van der Waals surface area contributed by atoms with Crippen molar-refractivity contribution in [2.24, 2.45) is 0 Å². The average molecular weight is 1120 g/mol. The third kappa shape index (κ3) is 6.06. The van der Waals surface area contributed by atoms with Crippen LogP contribution < -0.4 is 32.8 Å². The molecular weight excluding hydrogens is 1060 g/mol. The minimum atomic E-state index is -0.226. The SMILES string of the molecule is CC(C)(C)c1cc2c3c(c1)B(c1c(-c4ccccc4)cccc1-c1ccccc1)c1c4ccccc4n4c5cc6c(cc5n5c7ccccc7c(c5n-3c14)B2c1c(-c2ccccc2)cccc1-c1ccccc1)C1c2ccccc2C12c1ccccc1C62. The molecule has 0 N–H and O–H groups in total. The minimum Gasteiger partial charge on any atom is -0.294 e. The number of nitrogens with zero attached hydrogens (tertiary/aromatic N) is 3. The van der Waals surface area contributed by atoms with Crippen LogP contribution in [0.25, 0.3) is 94.3 Å². The summed E-state index contributed by atoms with van der Waals surface area (Å²) in [4.78, 5) is 0. The maximum absolute atomic E-state index is 2.81. The maximum Gasteiger partial charge on any atom is 0.251 e. The lowest BCUT2D eigenvalue weighted by Crippen LogP contribution is -2.64. The van der Waals surface area contributed by atoms with E-state index in [1.54, 1.807) is 0 Å². The van der Waals surface area contributed by atoms with Crippen LogP contribution in [0.1, 0.15) is 71.6 Å². The Labute approximate surface area is 512 Å². The first-order chi connectivity index (χ1) is 43.4. The standard InChI is InChI=1S/C83H57B2N3/c1-82(2,3)54-46-67-79-68(47-54)85(76-57(52-30-12-6-13-31-52)40-25-41-58(76)53-32-14-7-15-33-53)78-62-37-19-23-45-70(62)87-72-49-64-63(73-59-34-16-20-42-65(59)83(73)66-43-21-17-35-60(66)74(64)83)48-71(72)86-69-44-22-18-36-61(69)77(80(86)88(79)81(78)87)84(67)75-55(50-26-8-4-9-27-50)38-24-39-56(75)51-28-10-5-11-29-51/h4-49,73-74H,1-3H3. The Morgan fingerprint density at radius 1 is 0.330 bits per heavy atom. The monoisotopic (exact) mass is 1120 g/mol. The van der Waals surface area contributed by atoms with Gasteiger partial charge in [-0.2, -0.15) is 0 Å². The number of para-hydroxylation sites is 2. The number of hydrogen-bond donors (Lipinski definition) is 0. The molecule has 2 atom stereocenters. The first kappa shape index (κ1) is 48.8. The van der Waals surface area contributed by atoms with Crippen LogP contribution in [0.2, 0.25) is 0 Å². The quantitative estimate of drug-likeness (QED) is 0.147. The Morgan fingerprint density at radius 3 is 1.07 bits per heavy atom. The molecule has 1 spiro atoms. The smallest absolute Gasteiger partial charge is 0.251 e. The van der Waals surface area contributed by atoms with Gasteiger partial charge in [-0.15, -0.1) is 0 Å². The number of hydrogen-bond acceptors (Lipinski definition) is 0. The first-order valence-electron chi connectivity index (χ1n) is 31.5. The van der Waals surface area contributed by atoms with Gasteiger partial charge < -0.3 is 0 Å². The Hall–Kier alpha value is -10.4. The van der Waals surface area contributed by atoms with Gasteiger partial charge in [-0.25, -0.2) is 0 Å². The van der Waals surface area contributed by atoms with Crippen LogP contribution in [0.3, 0.4) is 0 Å². The zero-order valence-electron chi connectivity index (χ0n) is 49.2. The van der Waals surface area contributed by atoms with E-state index >= 15 is 0 Å². The van der Waals surface area contributed by atoms with Gasteiger partial charge in [0.1, 0.15) is 11.3 Å². The molecule has 0 bridgehead atoms. The van der Waals surface area contributed by atoms with Crippen molar-refractivity contribution in [3.8, 4) is 50.2 Å². The molecule has 0 saturated heterocycles. The van der Waals surface area contributed by atoms with E-state index in [9.17, 15) is 0 Å². The molecule has 3 nitrogen and oxygen atoms in total. The summed E-state index contributed by atoms with van der Waals surface area (Å²) in [5.41, 5.74) is 36.3. The lowest BCUT2D eigenvalue weighted by atomic mass is 9.29. The fourth-order valence-corrected chi connectivity index (χ4v) is 18.1. The van der Waals surface area contributed by atoms with Gasteiger partial charge in [-0.05, 0) is 146 Å². The topological polar surface area (TPSA) is 13.8 Å². The van der Waals surface area contributed by atoms with E-state index < -0.39 is 0 Å². The van der Waals surface area contributed by atoms with Gasteiger partial charge in [0.25, 0.3) is 13.4 Å². The Bertz CT molecular complexity index is 5120. The van der Waals surface area contributed by atoms with Crippen molar-refractivity contribution in [1.29, 1.82) is 0 Å². The highest BCUT2D eigenvalue weighted by atomic mass is 15.2. The summed E-state index contributed by atoms with van der Waals surface area (Å²) in [5.74, 6) is 0.482. The molecule has 5 heteroatoms. The molecule has 0 saturated carbocycles. The minimum absolute atomic E-state index is 0.100. The molecule has 88 heavy (non-hydrogen) atoms. The Morgan fingerprint density at radius 2 is 0.682 bits per heavy atom. The lowest BCUT2D eigenvalue weighted by Gasteiger charge is -2.58. The maximum atomic E-state index is 2.81. The third-order valence-electron chi connectivity index (χ3n) is 21.4. The fourth-order valence-electron chi connectivity index (χ4n) is 18.1. The van der Waals surface area contributed by atoms with Gasteiger partial charge in [0, 0.05) is 22.9 Å². The zero-order chi connectivity index (χ0) is 57.9. The van der Waals surface area contributed by atoms with Gasteiger partial charge in [0.2, 0.25) is 0 Å². The van der Waals surface area contributed by atoms with E-state index in [1.807, 2.05) is 0 Å². The highest BCUT2D eigenvalue weighted by molar-refractivity contribution is 7.04. The van der Waals surface area contributed by atoms with Crippen molar-refractivity contribution in [3.63, 3.8) is 0 Å². The van der Waals surface area contributed by atoms with Gasteiger partial charge in [0.05, 0.1) is 22.1 Å². The number of rotatable bonds is 6. The molecule has 20 rings (SSSR count). The van der Waals surface area contributed by atoms with E-state index in [4.69, 9.17) is 0 Å². The van der Waals surface area contributed by atoms with Crippen molar-refractivity contribution in [2.45, 2.75) is 43.4 Å². The zero-order valence-corrected chi connectivity index (χ0v) is 49.2. The Balaban J connectivity index is 1.05. The third-order valence-corrected chi connectivity index (χ3v) is 21.4. The summed E-state index contributed by atoms with van der Waals surface area (Å²) in [7, 11) is 0. The van der Waals surface area contributed by atoms with Crippen molar-refractivity contribution < 1.29 is 0 Å². The lowest BCUT2D eigenvalue weighted by molar-refractivity contribution is 0.333. The van der Waals surface area contributed by atoms with Crippen LogP contribution in [0.4, 0.5) is 0 Å². The average Bonchev–Trinajstić information content (AvgIpc) is 1.41.